The number of amides is 2. The van der Waals surface area contributed by atoms with Crippen LogP contribution in [0, 0.1) is 0 Å². The van der Waals surface area contributed by atoms with Gasteiger partial charge in [0.15, 0.2) is 0 Å². The SMILES string of the molecule is O=C(O)CNC(=O)NCCN1CCOCC1. The topological polar surface area (TPSA) is 90.9 Å². The number of morpholine rings is 1. The van der Waals surface area contributed by atoms with E-state index in [9.17, 15) is 9.59 Å². The van der Waals surface area contributed by atoms with Crippen LogP contribution in [0.2, 0.25) is 0 Å². The third-order valence-electron chi connectivity index (χ3n) is 2.22. The Labute approximate surface area is 93.7 Å². The molecule has 0 aromatic rings. The van der Waals surface area contributed by atoms with Crippen LogP contribution < -0.4 is 10.6 Å². The third kappa shape index (κ3) is 5.52. The molecule has 1 aliphatic heterocycles. The lowest BCUT2D eigenvalue weighted by Gasteiger charge is -2.26. The first-order valence-electron chi connectivity index (χ1n) is 5.22. The van der Waals surface area contributed by atoms with Gasteiger partial charge in [0.05, 0.1) is 13.2 Å². The maximum absolute atomic E-state index is 11.1. The number of carboxylic acid groups (broad SMARTS) is 1. The molecule has 0 radical (unpaired) electrons. The number of carbonyl (C=O) groups excluding carboxylic acids is 1. The van der Waals surface area contributed by atoms with E-state index >= 15 is 0 Å². The Balaban J connectivity index is 2.01. The molecule has 0 aromatic heterocycles. The lowest BCUT2D eigenvalue weighted by atomic mass is 10.4. The quantitative estimate of drug-likeness (QED) is 0.547. The first-order chi connectivity index (χ1) is 7.68. The maximum atomic E-state index is 11.1. The summed E-state index contributed by atoms with van der Waals surface area (Å²) in [6, 6.07) is -0.448. The molecule has 0 unspecified atom stereocenters. The monoisotopic (exact) mass is 231 g/mol. The summed E-state index contributed by atoms with van der Waals surface area (Å²) in [5.74, 6) is -1.05. The van der Waals surface area contributed by atoms with E-state index in [1.807, 2.05) is 0 Å². The number of aliphatic carboxylic acids is 1. The molecule has 7 nitrogen and oxygen atoms in total. The van der Waals surface area contributed by atoms with Crippen LogP contribution in [0.25, 0.3) is 0 Å². The van der Waals surface area contributed by atoms with Crippen LogP contribution in [0.1, 0.15) is 0 Å². The third-order valence-corrected chi connectivity index (χ3v) is 2.22. The molecule has 1 heterocycles. The summed E-state index contributed by atoms with van der Waals surface area (Å²) in [6.07, 6.45) is 0. The van der Waals surface area contributed by atoms with Crippen LogP contribution in [-0.4, -0.2) is 67.9 Å². The van der Waals surface area contributed by atoms with E-state index in [1.54, 1.807) is 0 Å². The van der Waals surface area contributed by atoms with Crippen molar-refractivity contribution in [1.82, 2.24) is 15.5 Å². The van der Waals surface area contributed by atoms with Crippen LogP contribution in [0.15, 0.2) is 0 Å². The van der Waals surface area contributed by atoms with Crippen molar-refractivity contribution in [2.75, 3.05) is 45.9 Å². The highest BCUT2D eigenvalue weighted by Crippen LogP contribution is 1.94. The zero-order chi connectivity index (χ0) is 11.8. The molecule has 1 rings (SSSR count). The van der Waals surface area contributed by atoms with Crippen molar-refractivity contribution in [3.05, 3.63) is 0 Å². The Hall–Kier alpha value is -1.34. The minimum Gasteiger partial charge on any atom is -0.480 e. The van der Waals surface area contributed by atoms with Gasteiger partial charge in [0.1, 0.15) is 6.54 Å². The molecule has 0 saturated carbocycles. The Morgan fingerprint density at radius 3 is 2.56 bits per heavy atom. The molecule has 0 aromatic carbocycles. The second kappa shape index (κ2) is 7.02. The van der Waals surface area contributed by atoms with E-state index in [-0.39, 0.29) is 6.54 Å². The number of carbonyl (C=O) groups is 2. The zero-order valence-electron chi connectivity index (χ0n) is 9.07. The first-order valence-corrected chi connectivity index (χ1v) is 5.22. The number of urea groups is 1. The van der Waals surface area contributed by atoms with Crippen molar-refractivity contribution in [3.63, 3.8) is 0 Å². The maximum Gasteiger partial charge on any atom is 0.323 e. The van der Waals surface area contributed by atoms with Gasteiger partial charge in [0.2, 0.25) is 0 Å². The van der Waals surface area contributed by atoms with E-state index in [4.69, 9.17) is 9.84 Å². The minimum absolute atomic E-state index is 0.358. The van der Waals surface area contributed by atoms with Crippen LogP contribution >= 0.6 is 0 Å². The lowest BCUT2D eigenvalue weighted by Crippen LogP contribution is -2.44. The van der Waals surface area contributed by atoms with Gasteiger partial charge in [-0.15, -0.1) is 0 Å². The van der Waals surface area contributed by atoms with Crippen molar-refractivity contribution < 1.29 is 19.4 Å². The van der Waals surface area contributed by atoms with E-state index < -0.39 is 12.0 Å². The second-order valence-electron chi connectivity index (χ2n) is 3.46. The highest BCUT2D eigenvalue weighted by molar-refractivity contribution is 5.79. The average molecular weight is 231 g/mol. The fourth-order valence-electron chi connectivity index (χ4n) is 1.37. The van der Waals surface area contributed by atoms with Gasteiger partial charge in [-0.05, 0) is 0 Å². The van der Waals surface area contributed by atoms with Crippen LogP contribution in [-0.2, 0) is 9.53 Å². The number of ether oxygens (including phenoxy) is 1. The van der Waals surface area contributed by atoms with Gasteiger partial charge in [0.25, 0.3) is 0 Å². The molecule has 2 amide bonds. The second-order valence-corrected chi connectivity index (χ2v) is 3.46. The van der Waals surface area contributed by atoms with E-state index in [0.29, 0.717) is 6.54 Å². The van der Waals surface area contributed by atoms with Crippen molar-refractivity contribution in [1.29, 1.82) is 0 Å². The predicted molar refractivity (Wildman–Crippen MR) is 56.3 cm³/mol. The molecule has 3 N–H and O–H groups in total. The number of nitrogens with one attached hydrogen (secondary N) is 2. The molecule has 0 atom stereocenters. The van der Waals surface area contributed by atoms with E-state index in [2.05, 4.69) is 15.5 Å². The van der Waals surface area contributed by atoms with Crippen LogP contribution in [0.3, 0.4) is 0 Å². The zero-order valence-corrected chi connectivity index (χ0v) is 9.07. The number of hydrogen-bond donors (Lipinski definition) is 3. The summed E-state index contributed by atoms with van der Waals surface area (Å²) >= 11 is 0. The Kier molecular flexibility index (Phi) is 5.58. The highest BCUT2D eigenvalue weighted by atomic mass is 16.5. The average Bonchev–Trinajstić information content (AvgIpc) is 2.28. The van der Waals surface area contributed by atoms with Gasteiger partial charge in [-0.2, -0.15) is 0 Å². The van der Waals surface area contributed by atoms with Crippen molar-refractivity contribution >= 4 is 12.0 Å². The van der Waals surface area contributed by atoms with Crippen molar-refractivity contribution in [2.45, 2.75) is 0 Å². The first kappa shape index (κ1) is 12.7. The normalized spacial score (nSPS) is 16.8. The number of nitrogens with zero attached hydrogens (tertiary/aromatic N) is 1. The molecule has 1 aliphatic rings. The largest absolute Gasteiger partial charge is 0.480 e. The van der Waals surface area contributed by atoms with Crippen LogP contribution in [0.4, 0.5) is 4.79 Å². The molecule has 92 valence electrons. The standard InChI is InChI=1S/C9H17N3O4/c13-8(14)7-11-9(15)10-1-2-12-3-5-16-6-4-12/h1-7H2,(H,13,14)(H2,10,11,15). The minimum atomic E-state index is -1.05. The van der Waals surface area contributed by atoms with Gasteiger partial charge < -0.3 is 20.5 Å². The van der Waals surface area contributed by atoms with Crippen LogP contribution in [0.5, 0.6) is 0 Å². The smallest absolute Gasteiger partial charge is 0.323 e. The van der Waals surface area contributed by atoms with E-state index in [0.717, 1.165) is 32.8 Å². The van der Waals surface area contributed by atoms with Gasteiger partial charge in [0, 0.05) is 26.2 Å². The summed E-state index contributed by atoms with van der Waals surface area (Å²) in [7, 11) is 0. The predicted octanol–water partition coefficient (Wildman–Crippen LogP) is -1.30. The molecular formula is C9H17N3O4. The Bertz CT molecular complexity index is 241. The summed E-state index contributed by atoms with van der Waals surface area (Å²) in [5, 5.41) is 13.1. The highest BCUT2D eigenvalue weighted by Gasteiger charge is 2.10. The van der Waals surface area contributed by atoms with Gasteiger partial charge >= 0.3 is 12.0 Å². The molecule has 1 fully saturated rings. The molecule has 0 bridgehead atoms. The van der Waals surface area contributed by atoms with Gasteiger partial charge in [-0.1, -0.05) is 0 Å². The molecule has 7 heteroatoms. The fourth-order valence-corrected chi connectivity index (χ4v) is 1.37. The Morgan fingerprint density at radius 2 is 1.94 bits per heavy atom. The molecule has 0 aliphatic carbocycles. The van der Waals surface area contributed by atoms with Gasteiger partial charge in [-0.25, -0.2) is 4.79 Å². The number of carboxylic acids is 1. The lowest BCUT2D eigenvalue weighted by molar-refractivity contribution is -0.135. The summed E-state index contributed by atoms with van der Waals surface area (Å²) in [5.41, 5.74) is 0. The number of hydrogen-bond acceptors (Lipinski definition) is 4. The van der Waals surface area contributed by atoms with Crippen molar-refractivity contribution in [2.24, 2.45) is 0 Å². The number of rotatable bonds is 5. The van der Waals surface area contributed by atoms with Gasteiger partial charge in [-0.3, -0.25) is 9.69 Å². The molecular weight excluding hydrogens is 214 g/mol. The van der Waals surface area contributed by atoms with Crippen molar-refractivity contribution in [3.8, 4) is 0 Å². The molecule has 0 spiro atoms. The molecule has 16 heavy (non-hydrogen) atoms. The summed E-state index contributed by atoms with van der Waals surface area (Å²) in [4.78, 5) is 23.4. The fraction of sp³-hybridized carbons (Fsp3) is 0.778. The van der Waals surface area contributed by atoms with E-state index in [1.165, 1.54) is 0 Å². The molecule has 1 saturated heterocycles. The summed E-state index contributed by atoms with van der Waals surface area (Å²) < 4.78 is 5.19. The summed E-state index contributed by atoms with van der Waals surface area (Å²) in [6.45, 7) is 4.10. The Morgan fingerprint density at radius 1 is 1.25 bits per heavy atom.